The fourth-order valence-electron chi connectivity index (χ4n) is 1.50. The van der Waals surface area contributed by atoms with Crippen molar-refractivity contribution in [2.45, 2.75) is 19.3 Å². The number of nitriles is 1. The van der Waals surface area contributed by atoms with Crippen molar-refractivity contribution in [2.75, 3.05) is 19.3 Å². The molecule has 0 saturated heterocycles. The van der Waals surface area contributed by atoms with Crippen molar-refractivity contribution >= 4 is 15.9 Å². The van der Waals surface area contributed by atoms with Crippen LogP contribution in [0.3, 0.4) is 0 Å². The van der Waals surface area contributed by atoms with Gasteiger partial charge in [-0.3, -0.25) is 4.79 Å². The predicted molar refractivity (Wildman–Crippen MR) is 57.8 cm³/mol. The zero-order valence-electron chi connectivity index (χ0n) is 9.12. The number of amides is 1. The van der Waals surface area contributed by atoms with Crippen molar-refractivity contribution < 1.29 is 13.2 Å². The first-order valence-electron chi connectivity index (χ1n) is 5.04. The summed E-state index contributed by atoms with van der Waals surface area (Å²) < 4.78 is 23.7. The van der Waals surface area contributed by atoms with Crippen molar-refractivity contribution in [2.24, 2.45) is 5.41 Å². The number of sulfonamides is 1. The van der Waals surface area contributed by atoms with E-state index in [2.05, 4.69) is 10.0 Å². The summed E-state index contributed by atoms with van der Waals surface area (Å²) in [6, 6.07) is 2.02. The molecule has 0 bridgehead atoms. The first-order chi connectivity index (χ1) is 7.40. The van der Waals surface area contributed by atoms with E-state index in [1.54, 1.807) is 0 Å². The number of rotatable bonds is 5. The summed E-state index contributed by atoms with van der Waals surface area (Å²) in [5, 5.41) is 11.4. The molecule has 0 unspecified atom stereocenters. The van der Waals surface area contributed by atoms with E-state index >= 15 is 0 Å². The molecule has 1 amide bonds. The summed E-state index contributed by atoms with van der Waals surface area (Å²) in [5.41, 5.74) is -0.870. The van der Waals surface area contributed by atoms with Gasteiger partial charge >= 0.3 is 0 Å². The molecule has 6 nitrogen and oxygen atoms in total. The Balaban J connectivity index is 2.29. The van der Waals surface area contributed by atoms with E-state index in [0.29, 0.717) is 12.8 Å². The van der Waals surface area contributed by atoms with Crippen molar-refractivity contribution in [1.82, 2.24) is 10.0 Å². The first kappa shape index (κ1) is 12.9. The average molecular weight is 245 g/mol. The molecule has 0 aromatic carbocycles. The second-order valence-corrected chi connectivity index (χ2v) is 5.80. The van der Waals surface area contributed by atoms with Crippen LogP contribution in [0, 0.1) is 16.7 Å². The first-order valence-corrected chi connectivity index (χ1v) is 6.93. The smallest absolute Gasteiger partial charge is 0.240 e. The monoisotopic (exact) mass is 245 g/mol. The van der Waals surface area contributed by atoms with Crippen LogP contribution in [0.4, 0.5) is 0 Å². The largest absolute Gasteiger partial charge is 0.353 e. The van der Waals surface area contributed by atoms with Gasteiger partial charge in [-0.2, -0.15) is 5.26 Å². The zero-order valence-corrected chi connectivity index (χ0v) is 9.93. The Kier molecular flexibility index (Phi) is 3.88. The minimum atomic E-state index is -3.22. The Morgan fingerprint density at radius 3 is 2.44 bits per heavy atom. The highest BCUT2D eigenvalue weighted by molar-refractivity contribution is 7.88. The molecule has 0 aliphatic heterocycles. The fourth-order valence-corrected chi connectivity index (χ4v) is 1.97. The number of hydrogen-bond acceptors (Lipinski definition) is 4. The van der Waals surface area contributed by atoms with Gasteiger partial charge < -0.3 is 5.32 Å². The van der Waals surface area contributed by atoms with Crippen LogP contribution < -0.4 is 10.0 Å². The molecular weight excluding hydrogens is 230 g/mol. The van der Waals surface area contributed by atoms with E-state index in [9.17, 15) is 13.2 Å². The molecule has 1 saturated carbocycles. The number of nitrogens with one attached hydrogen (secondary N) is 2. The van der Waals surface area contributed by atoms with Gasteiger partial charge in [0, 0.05) is 13.1 Å². The highest BCUT2D eigenvalue weighted by Gasteiger charge is 2.44. The molecule has 1 fully saturated rings. The lowest BCUT2D eigenvalue weighted by molar-refractivity contribution is -0.131. The molecule has 2 N–H and O–H groups in total. The van der Waals surface area contributed by atoms with E-state index in [-0.39, 0.29) is 19.0 Å². The molecule has 1 aliphatic rings. The molecule has 0 radical (unpaired) electrons. The van der Waals surface area contributed by atoms with Crippen LogP contribution >= 0.6 is 0 Å². The Hall–Kier alpha value is -1.13. The van der Waals surface area contributed by atoms with Gasteiger partial charge in [0.2, 0.25) is 15.9 Å². The van der Waals surface area contributed by atoms with Crippen molar-refractivity contribution in [3.63, 3.8) is 0 Å². The molecule has 0 atom stereocenters. The van der Waals surface area contributed by atoms with Gasteiger partial charge in [-0.05, 0) is 19.3 Å². The number of hydrogen-bond donors (Lipinski definition) is 2. The zero-order chi connectivity index (χ0) is 12.2. The number of carbonyl (C=O) groups excluding carboxylic acids is 1. The highest BCUT2D eigenvalue weighted by Crippen LogP contribution is 2.40. The summed E-state index contributed by atoms with van der Waals surface area (Å²) in [7, 11) is -3.22. The number of nitrogens with zero attached hydrogens (tertiary/aromatic N) is 1. The average Bonchev–Trinajstić information content (AvgIpc) is 2.10. The molecular formula is C9H15N3O3S. The Morgan fingerprint density at radius 2 is 2.06 bits per heavy atom. The van der Waals surface area contributed by atoms with Crippen molar-refractivity contribution in [1.29, 1.82) is 5.26 Å². The second kappa shape index (κ2) is 4.80. The third kappa shape index (κ3) is 3.18. The van der Waals surface area contributed by atoms with E-state index in [1.165, 1.54) is 0 Å². The van der Waals surface area contributed by atoms with E-state index in [4.69, 9.17) is 5.26 Å². The van der Waals surface area contributed by atoms with Gasteiger partial charge in [0.15, 0.2) is 0 Å². The van der Waals surface area contributed by atoms with Gasteiger partial charge in [0.1, 0.15) is 5.41 Å². The molecule has 1 aliphatic carbocycles. The van der Waals surface area contributed by atoms with Crippen molar-refractivity contribution in [3.05, 3.63) is 0 Å². The fraction of sp³-hybridized carbons (Fsp3) is 0.778. The quantitative estimate of drug-likeness (QED) is 0.628. The SMILES string of the molecule is CS(=O)(=O)NCCNC(=O)C1(C#N)CCC1. The van der Waals surface area contributed by atoms with Crippen LogP contribution in [0.1, 0.15) is 19.3 Å². The van der Waals surface area contributed by atoms with Gasteiger partial charge in [-0.25, -0.2) is 13.1 Å². The Morgan fingerprint density at radius 1 is 1.44 bits per heavy atom. The maximum atomic E-state index is 11.6. The van der Waals surface area contributed by atoms with Gasteiger partial charge in [-0.1, -0.05) is 0 Å². The third-order valence-corrected chi connectivity index (χ3v) is 3.36. The molecule has 0 aromatic rings. The van der Waals surface area contributed by atoms with Crippen LogP contribution in [0.5, 0.6) is 0 Å². The maximum absolute atomic E-state index is 11.6. The minimum Gasteiger partial charge on any atom is -0.353 e. The normalized spacial score (nSPS) is 18.2. The van der Waals surface area contributed by atoms with Crippen molar-refractivity contribution in [3.8, 4) is 6.07 Å². The molecule has 7 heteroatoms. The summed E-state index contributed by atoms with van der Waals surface area (Å²) in [5.74, 6) is -0.295. The maximum Gasteiger partial charge on any atom is 0.240 e. The predicted octanol–water partition coefficient (Wildman–Crippen LogP) is -0.654. The Bertz CT molecular complexity index is 406. The molecule has 0 aromatic heterocycles. The highest BCUT2D eigenvalue weighted by atomic mass is 32.2. The lowest BCUT2D eigenvalue weighted by Crippen LogP contribution is -2.46. The van der Waals surface area contributed by atoms with Crippen LogP contribution in [-0.4, -0.2) is 33.7 Å². The van der Waals surface area contributed by atoms with Crippen LogP contribution in [0.2, 0.25) is 0 Å². The van der Waals surface area contributed by atoms with Gasteiger partial charge in [-0.15, -0.1) is 0 Å². The van der Waals surface area contributed by atoms with Gasteiger partial charge in [0.05, 0.1) is 12.3 Å². The van der Waals surface area contributed by atoms with E-state index in [0.717, 1.165) is 12.7 Å². The Labute approximate surface area is 95.1 Å². The van der Waals surface area contributed by atoms with E-state index in [1.807, 2.05) is 6.07 Å². The summed E-state index contributed by atoms with van der Waals surface area (Å²) in [4.78, 5) is 11.6. The molecule has 1 rings (SSSR count). The van der Waals surface area contributed by atoms with Crippen LogP contribution in [0.15, 0.2) is 0 Å². The summed E-state index contributed by atoms with van der Waals surface area (Å²) >= 11 is 0. The molecule has 0 spiro atoms. The molecule has 90 valence electrons. The van der Waals surface area contributed by atoms with E-state index < -0.39 is 15.4 Å². The lowest BCUT2D eigenvalue weighted by Gasteiger charge is -2.33. The summed E-state index contributed by atoms with van der Waals surface area (Å²) in [6.07, 6.45) is 3.13. The third-order valence-electron chi connectivity index (χ3n) is 2.63. The molecule has 16 heavy (non-hydrogen) atoms. The second-order valence-electron chi connectivity index (χ2n) is 3.97. The van der Waals surface area contributed by atoms with Crippen LogP contribution in [0.25, 0.3) is 0 Å². The van der Waals surface area contributed by atoms with Crippen LogP contribution in [-0.2, 0) is 14.8 Å². The number of carbonyl (C=O) groups is 1. The topological polar surface area (TPSA) is 99.1 Å². The lowest BCUT2D eigenvalue weighted by atomic mass is 9.69. The minimum absolute atomic E-state index is 0.145. The van der Waals surface area contributed by atoms with Gasteiger partial charge in [0.25, 0.3) is 0 Å². The summed E-state index contributed by atoms with van der Waals surface area (Å²) in [6.45, 7) is 0.349. The standard InChI is InChI=1S/C9H15N3O3S/c1-16(14,15)12-6-5-11-8(13)9(7-10)3-2-4-9/h12H,2-6H2,1H3,(H,11,13). The molecule has 0 heterocycles.